The second-order valence-corrected chi connectivity index (χ2v) is 7.44. The fraction of sp³-hybridized carbons (Fsp3) is 0.500. The van der Waals surface area contributed by atoms with Crippen LogP contribution in [0.25, 0.3) is 6.08 Å². The first-order chi connectivity index (χ1) is 11.8. The molecule has 2 amide bonds. The molecule has 0 spiro atoms. The first-order valence-corrected chi connectivity index (χ1v) is 8.75. The van der Waals surface area contributed by atoms with Gasteiger partial charge in [0.15, 0.2) is 0 Å². The number of rotatable bonds is 4. The predicted octanol–water partition coefficient (Wildman–Crippen LogP) is 3.39. The minimum absolute atomic E-state index is 0.0110. The first-order valence-electron chi connectivity index (χ1n) is 8.75. The van der Waals surface area contributed by atoms with Crippen molar-refractivity contribution in [2.24, 2.45) is 0 Å². The minimum atomic E-state index is -0.484. The molecule has 0 bridgehead atoms. The molecule has 0 radical (unpaired) electrons. The molecule has 1 aliphatic rings. The Hall–Kier alpha value is -2.30. The Morgan fingerprint density at radius 3 is 2.60 bits per heavy atom. The van der Waals surface area contributed by atoms with Gasteiger partial charge < -0.3 is 15.0 Å². The Morgan fingerprint density at radius 2 is 2.00 bits per heavy atom. The summed E-state index contributed by atoms with van der Waals surface area (Å²) in [7, 11) is 0. The van der Waals surface area contributed by atoms with Crippen LogP contribution in [0, 0.1) is 0 Å². The van der Waals surface area contributed by atoms with Crippen LogP contribution in [-0.2, 0) is 16.0 Å². The summed E-state index contributed by atoms with van der Waals surface area (Å²) in [4.78, 5) is 26.0. The number of carbonyl (C=O) groups is 2. The molecule has 1 fully saturated rings. The summed E-state index contributed by atoms with van der Waals surface area (Å²) in [5, 5.41) is 3.07. The third-order valence-corrected chi connectivity index (χ3v) is 4.06. The van der Waals surface area contributed by atoms with Crippen molar-refractivity contribution in [1.29, 1.82) is 0 Å². The van der Waals surface area contributed by atoms with Crippen LogP contribution in [0.2, 0.25) is 0 Å². The Kier molecular flexibility index (Phi) is 6.23. The van der Waals surface area contributed by atoms with E-state index in [0.717, 1.165) is 24.0 Å². The number of ether oxygens (including phenoxy) is 1. The van der Waals surface area contributed by atoms with Crippen LogP contribution in [0.4, 0.5) is 4.79 Å². The summed E-state index contributed by atoms with van der Waals surface area (Å²) in [6.45, 7) is 10.5. The molecule has 1 saturated heterocycles. The van der Waals surface area contributed by atoms with Gasteiger partial charge in [0.2, 0.25) is 5.91 Å². The lowest BCUT2D eigenvalue weighted by molar-refractivity contribution is -0.121. The number of nitrogens with zero attached hydrogens (tertiary/aromatic N) is 1. The number of carbonyl (C=O) groups excluding carboxylic acids is 2. The van der Waals surface area contributed by atoms with Crippen molar-refractivity contribution in [1.82, 2.24) is 10.2 Å². The molecule has 0 aromatic heterocycles. The fourth-order valence-electron chi connectivity index (χ4n) is 2.83. The minimum Gasteiger partial charge on any atom is -0.444 e. The van der Waals surface area contributed by atoms with Crippen LogP contribution in [0.3, 0.4) is 0 Å². The van der Waals surface area contributed by atoms with Gasteiger partial charge in [-0.2, -0.15) is 0 Å². The Bertz CT molecular complexity index is 626. The van der Waals surface area contributed by atoms with Gasteiger partial charge in [0.25, 0.3) is 0 Å². The SMILES string of the molecule is C=Cc1cccc(CC(=O)NC2CCN(C(=O)OC(C)(C)C)CC2)c1. The lowest BCUT2D eigenvalue weighted by atomic mass is 10.0. The van der Waals surface area contributed by atoms with Crippen LogP contribution in [-0.4, -0.2) is 41.6 Å². The molecule has 5 nitrogen and oxygen atoms in total. The number of likely N-dealkylation sites (tertiary alicyclic amines) is 1. The summed E-state index contributed by atoms with van der Waals surface area (Å²) in [6, 6.07) is 7.91. The molecule has 136 valence electrons. The molecule has 0 atom stereocenters. The van der Waals surface area contributed by atoms with Gasteiger partial charge in [-0.1, -0.05) is 36.9 Å². The van der Waals surface area contributed by atoms with Gasteiger partial charge in [-0.05, 0) is 44.7 Å². The maximum absolute atomic E-state index is 12.2. The summed E-state index contributed by atoms with van der Waals surface area (Å²) >= 11 is 0. The van der Waals surface area contributed by atoms with E-state index in [-0.39, 0.29) is 18.0 Å². The summed E-state index contributed by atoms with van der Waals surface area (Å²) < 4.78 is 5.39. The lowest BCUT2D eigenvalue weighted by Gasteiger charge is -2.33. The van der Waals surface area contributed by atoms with Crippen LogP contribution in [0.1, 0.15) is 44.7 Å². The maximum Gasteiger partial charge on any atom is 0.410 e. The van der Waals surface area contributed by atoms with Crippen molar-refractivity contribution in [2.75, 3.05) is 13.1 Å². The smallest absolute Gasteiger partial charge is 0.410 e. The molecule has 25 heavy (non-hydrogen) atoms. The van der Waals surface area contributed by atoms with Gasteiger partial charge in [0, 0.05) is 19.1 Å². The third-order valence-electron chi connectivity index (χ3n) is 4.06. The molecule has 1 N–H and O–H groups in total. The van der Waals surface area contributed by atoms with Crippen molar-refractivity contribution in [3.05, 3.63) is 42.0 Å². The molecule has 0 aliphatic carbocycles. The molecule has 2 rings (SSSR count). The second-order valence-electron chi connectivity index (χ2n) is 7.44. The van der Waals surface area contributed by atoms with Gasteiger partial charge >= 0.3 is 6.09 Å². The molecular weight excluding hydrogens is 316 g/mol. The topological polar surface area (TPSA) is 58.6 Å². The van der Waals surface area contributed by atoms with Gasteiger partial charge in [-0.15, -0.1) is 0 Å². The Balaban J connectivity index is 1.78. The largest absolute Gasteiger partial charge is 0.444 e. The van der Waals surface area contributed by atoms with E-state index in [0.29, 0.717) is 19.5 Å². The van der Waals surface area contributed by atoms with Gasteiger partial charge in [0.1, 0.15) is 5.60 Å². The number of piperidine rings is 1. The molecule has 1 aromatic rings. The highest BCUT2D eigenvalue weighted by atomic mass is 16.6. The molecule has 0 unspecified atom stereocenters. The van der Waals surface area contributed by atoms with Crippen LogP contribution in [0.5, 0.6) is 0 Å². The molecule has 1 heterocycles. The standard InChI is InChI=1S/C20H28N2O3/c1-5-15-7-6-8-16(13-15)14-18(23)21-17-9-11-22(12-10-17)19(24)25-20(2,3)4/h5-8,13,17H,1,9-12,14H2,2-4H3,(H,21,23). The second kappa shape index (κ2) is 8.19. The number of hydrogen-bond acceptors (Lipinski definition) is 3. The third kappa shape index (κ3) is 6.25. The highest BCUT2D eigenvalue weighted by Crippen LogP contribution is 2.16. The zero-order chi connectivity index (χ0) is 18.4. The van der Waals surface area contributed by atoms with E-state index in [1.807, 2.05) is 45.0 Å². The van der Waals surface area contributed by atoms with Crippen LogP contribution < -0.4 is 5.32 Å². The average Bonchev–Trinajstić information content (AvgIpc) is 2.54. The van der Waals surface area contributed by atoms with Crippen molar-refractivity contribution in [3.63, 3.8) is 0 Å². The van der Waals surface area contributed by atoms with E-state index in [9.17, 15) is 9.59 Å². The fourth-order valence-corrected chi connectivity index (χ4v) is 2.83. The number of hydrogen-bond donors (Lipinski definition) is 1. The van der Waals surface area contributed by atoms with E-state index >= 15 is 0 Å². The zero-order valence-electron chi connectivity index (χ0n) is 15.4. The number of nitrogens with one attached hydrogen (secondary N) is 1. The number of benzene rings is 1. The first kappa shape index (κ1) is 19.0. The van der Waals surface area contributed by atoms with E-state index in [1.54, 1.807) is 11.0 Å². The lowest BCUT2D eigenvalue weighted by Crippen LogP contribution is -2.48. The van der Waals surface area contributed by atoms with Gasteiger partial charge in [-0.25, -0.2) is 4.79 Å². The molecule has 0 saturated carbocycles. The normalized spacial score (nSPS) is 15.6. The van der Waals surface area contributed by atoms with E-state index in [4.69, 9.17) is 4.74 Å². The highest BCUT2D eigenvalue weighted by molar-refractivity contribution is 5.79. The molecule has 1 aromatic carbocycles. The predicted molar refractivity (Wildman–Crippen MR) is 99.2 cm³/mol. The number of amides is 2. The van der Waals surface area contributed by atoms with Crippen molar-refractivity contribution in [2.45, 2.75) is 51.7 Å². The summed E-state index contributed by atoms with van der Waals surface area (Å²) in [5.41, 5.74) is 1.50. The summed E-state index contributed by atoms with van der Waals surface area (Å²) in [5.74, 6) is 0.0110. The van der Waals surface area contributed by atoms with Crippen molar-refractivity contribution >= 4 is 18.1 Å². The van der Waals surface area contributed by atoms with E-state index in [2.05, 4.69) is 11.9 Å². The van der Waals surface area contributed by atoms with Gasteiger partial charge in [0.05, 0.1) is 6.42 Å². The van der Waals surface area contributed by atoms with E-state index < -0.39 is 5.60 Å². The van der Waals surface area contributed by atoms with Crippen molar-refractivity contribution in [3.8, 4) is 0 Å². The average molecular weight is 344 g/mol. The van der Waals surface area contributed by atoms with Gasteiger partial charge in [-0.3, -0.25) is 4.79 Å². The Morgan fingerprint density at radius 1 is 1.32 bits per heavy atom. The van der Waals surface area contributed by atoms with Crippen LogP contribution >= 0.6 is 0 Å². The summed E-state index contributed by atoms with van der Waals surface area (Å²) in [6.07, 6.45) is 3.34. The molecule has 1 aliphatic heterocycles. The monoisotopic (exact) mass is 344 g/mol. The zero-order valence-corrected chi connectivity index (χ0v) is 15.4. The van der Waals surface area contributed by atoms with Crippen LogP contribution in [0.15, 0.2) is 30.8 Å². The highest BCUT2D eigenvalue weighted by Gasteiger charge is 2.27. The Labute approximate surface area is 150 Å². The maximum atomic E-state index is 12.2. The van der Waals surface area contributed by atoms with Crippen molar-refractivity contribution < 1.29 is 14.3 Å². The molecular formula is C20H28N2O3. The molecule has 5 heteroatoms. The quantitative estimate of drug-likeness (QED) is 0.911. The van der Waals surface area contributed by atoms with E-state index in [1.165, 1.54) is 0 Å².